The number of carbonyl (C=O) groups excluding carboxylic acids is 1. The number of aliphatic hydroxyl groups excluding tert-OH is 1. The number of hydrogen-bond acceptors (Lipinski definition) is 4. The molecule has 0 saturated carbocycles. The molecule has 1 aliphatic rings. The third-order valence-electron chi connectivity index (χ3n) is 3.51. The number of methoxy groups -OCH3 is 1. The van der Waals surface area contributed by atoms with Gasteiger partial charge < -0.3 is 14.6 Å². The van der Waals surface area contributed by atoms with Crippen LogP contribution in [0.5, 0.6) is 5.75 Å². The Morgan fingerprint density at radius 2 is 2.32 bits per heavy atom. The average molecular weight is 262 g/mol. The molecule has 2 rings (SSSR count). The standard InChI is InChI=1S/C15H18O4/c1-3-12-13(15(17)19-14(12)9-16)8-10-5-4-6-11(7-10)18-2/h3-7,12-14,16H,1,8-9H2,2H3/t12-,13-,14+/m1/s1. The lowest BCUT2D eigenvalue weighted by Crippen LogP contribution is -2.23. The molecule has 1 heterocycles. The van der Waals surface area contributed by atoms with E-state index >= 15 is 0 Å². The van der Waals surface area contributed by atoms with Crippen LogP contribution in [0.1, 0.15) is 5.56 Å². The van der Waals surface area contributed by atoms with Gasteiger partial charge in [-0.3, -0.25) is 4.79 Å². The second kappa shape index (κ2) is 5.89. The van der Waals surface area contributed by atoms with Crippen LogP contribution in [0.2, 0.25) is 0 Å². The molecule has 0 amide bonds. The lowest BCUT2D eigenvalue weighted by atomic mass is 9.86. The molecule has 1 aromatic rings. The lowest BCUT2D eigenvalue weighted by Gasteiger charge is -2.15. The van der Waals surface area contributed by atoms with Crippen LogP contribution >= 0.6 is 0 Å². The van der Waals surface area contributed by atoms with E-state index in [4.69, 9.17) is 9.47 Å². The van der Waals surface area contributed by atoms with Gasteiger partial charge in [0.25, 0.3) is 0 Å². The molecule has 0 aliphatic carbocycles. The largest absolute Gasteiger partial charge is 0.497 e. The Hall–Kier alpha value is -1.81. The minimum absolute atomic E-state index is 0.149. The second-order valence-electron chi connectivity index (χ2n) is 4.63. The highest BCUT2D eigenvalue weighted by atomic mass is 16.6. The molecule has 1 fully saturated rings. The number of esters is 1. The summed E-state index contributed by atoms with van der Waals surface area (Å²) in [4.78, 5) is 11.9. The minimum Gasteiger partial charge on any atom is -0.497 e. The van der Waals surface area contributed by atoms with Crippen molar-refractivity contribution < 1.29 is 19.4 Å². The maximum Gasteiger partial charge on any atom is 0.310 e. The van der Waals surface area contributed by atoms with Crippen molar-refractivity contribution in [1.29, 1.82) is 0 Å². The van der Waals surface area contributed by atoms with Crippen molar-refractivity contribution in [2.24, 2.45) is 11.8 Å². The van der Waals surface area contributed by atoms with Crippen molar-refractivity contribution in [2.45, 2.75) is 12.5 Å². The monoisotopic (exact) mass is 262 g/mol. The molecule has 0 bridgehead atoms. The minimum atomic E-state index is -0.472. The fourth-order valence-electron chi connectivity index (χ4n) is 2.48. The molecule has 0 unspecified atom stereocenters. The van der Waals surface area contributed by atoms with Crippen LogP contribution in [0.15, 0.2) is 36.9 Å². The van der Waals surface area contributed by atoms with Gasteiger partial charge in [-0.05, 0) is 24.1 Å². The van der Waals surface area contributed by atoms with Gasteiger partial charge in [-0.1, -0.05) is 18.2 Å². The molecule has 3 atom stereocenters. The van der Waals surface area contributed by atoms with E-state index in [0.29, 0.717) is 6.42 Å². The smallest absolute Gasteiger partial charge is 0.310 e. The van der Waals surface area contributed by atoms with Crippen molar-refractivity contribution >= 4 is 5.97 Å². The molecule has 102 valence electrons. The summed E-state index contributed by atoms with van der Waals surface area (Å²) in [6, 6.07) is 7.60. The van der Waals surface area contributed by atoms with Gasteiger partial charge in [0.2, 0.25) is 0 Å². The summed E-state index contributed by atoms with van der Waals surface area (Å²) < 4.78 is 10.3. The summed E-state index contributed by atoms with van der Waals surface area (Å²) in [5.41, 5.74) is 1.01. The number of cyclic esters (lactones) is 1. The Morgan fingerprint density at radius 3 is 2.95 bits per heavy atom. The third kappa shape index (κ3) is 2.79. The first-order chi connectivity index (χ1) is 9.19. The van der Waals surface area contributed by atoms with Gasteiger partial charge in [0.1, 0.15) is 11.9 Å². The van der Waals surface area contributed by atoms with Crippen LogP contribution in [0.3, 0.4) is 0 Å². The molecule has 0 aromatic heterocycles. The Kier molecular flexibility index (Phi) is 4.22. The summed E-state index contributed by atoms with van der Waals surface area (Å²) in [6.45, 7) is 3.56. The molecule has 1 N–H and O–H groups in total. The molecular weight excluding hydrogens is 244 g/mol. The summed E-state index contributed by atoms with van der Waals surface area (Å²) in [5.74, 6) is 0.0509. The zero-order valence-corrected chi connectivity index (χ0v) is 10.9. The summed E-state index contributed by atoms with van der Waals surface area (Å²) in [6.07, 6.45) is 1.78. The topological polar surface area (TPSA) is 55.8 Å². The van der Waals surface area contributed by atoms with E-state index in [1.54, 1.807) is 13.2 Å². The zero-order chi connectivity index (χ0) is 13.8. The number of aliphatic hydroxyl groups is 1. The molecule has 0 spiro atoms. The quantitative estimate of drug-likeness (QED) is 0.646. The Bertz CT molecular complexity index is 469. The first kappa shape index (κ1) is 13.6. The SMILES string of the molecule is C=C[C@H]1[C@H](CO)OC(=O)[C@@H]1Cc1cccc(OC)c1. The van der Waals surface area contributed by atoms with Crippen LogP contribution in [0.4, 0.5) is 0 Å². The summed E-state index contributed by atoms with van der Waals surface area (Å²) in [7, 11) is 1.61. The van der Waals surface area contributed by atoms with Crippen molar-refractivity contribution in [3.05, 3.63) is 42.5 Å². The predicted octanol–water partition coefficient (Wildman–Crippen LogP) is 1.57. The van der Waals surface area contributed by atoms with Gasteiger partial charge in [-0.25, -0.2) is 0 Å². The number of ether oxygens (including phenoxy) is 2. The van der Waals surface area contributed by atoms with E-state index in [2.05, 4.69) is 6.58 Å². The number of rotatable bonds is 5. The van der Waals surface area contributed by atoms with Crippen LogP contribution in [-0.4, -0.2) is 30.9 Å². The van der Waals surface area contributed by atoms with Crippen LogP contribution < -0.4 is 4.74 Å². The molecular formula is C15H18O4. The highest BCUT2D eigenvalue weighted by Crippen LogP contribution is 2.32. The molecule has 1 saturated heterocycles. The van der Waals surface area contributed by atoms with Crippen LogP contribution in [0.25, 0.3) is 0 Å². The van der Waals surface area contributed by atoms with Crippen molar-refractivity contribution in [2.75, 3.05) is 13.7 Å². The molecule has 1 aliphatic heterocycles. The molecule has 4 heteroatoms. The van der Waals surface area contributed by atoms with Crippen molar-refractivity contribution in [3.63, 3.8) is 0 Å². The fourth-order valence-corrected chi connectivity index (χ4v) is 2.48. The van der Waals surface area contributed by atoms with Gasteiger partial charge in [-0.15, -0.1) is 6.58 Å². The lowest BCUT2D eigenvalue weighted by molar-refractivity contribution is -0.145. The van der Waals surface area contributed by atoms with E-state index < -0.39 is 6.10 Å². The molecule has 0 radical (unpaired) electrons. The van der Waals surface area contributed by atoms with E-state index in [1.807, 2.05) is 24.3 Å². The first-order valence-electron chi connectivity index (χ1n) is 6.26. The predicted molar refractivity (Wildman–Crippen MR) is 70.8 cm³/mol. The van der Waals surface area contributed by atoms with E-state index in [-0.39, 0.29) is 24.4 Å². The van der Waals surface area contributed by atoms with Crippen molar-refractivity contribution in [1.82, 2.24) is 0 Å². The third-order valence-corrected chi connectivity index (χ3v) is 3.51. The summed E-state index contributed by atoms with van der Waals surface area (Å²) >= 11 is 0. The van der Waals surface area contributed by atoms with E-state index in [0.717, 1.165) is 11.3 Å². The van der Waals surface area contributed by atoms with Gasteiger partial charge in [-0.2, -0.15) is 0 Å². The number of hydrogen-bond donors (Lipinski definition) is 1. The second-order valence-corrected chi connectivity index (χ2v) is 4.63. The normalized spacial score (nSPS) is 26.0. The van der Waals surface area contributed by atoms with Crippen molar-refractivity contribution in [3.8, 4) is 5.75 Å². The van der Waals surface area contributed by atoms with Gasteiger partial charge in [0.05, 0.1) is 19.6 Å². The first-order valence-corrected chi connectivity index (χ1v) is 6.26. The molecule has 19 heavy (non-hydrogen) atoms. The zero-order valence-electron chi connectivity index (χ0n) is 10.9. The molecule has 1 aromatic carbocycles. The van der Waals surface area contributed by atoms with Gasteiger partial charge in [0.15, 0.2) is 0 Å². The highest BCUT2D eigenvalue weighted by molar-refractivity contribution is 5.76. The molecule has 4 nitrogen and oxygen atoms in total. The number of carbonyl (C=O) groups is 1. The van der Waals surface area contributed by atoms with Gasteiger partial charge in [0, 0.05) is 5.92 Å². The number of benzene rings is 1. The Morgan fingerprint density at radius 1 is 1.53 bits per heavy atom. The maximum absolute atomic E-state index is 11.9. The summed E-state index contributed by atoms with van der Waals surface area (Å²) in [5, 5.41) is 9.21. The average Bonchev–Trinajstić information content (AvgIpc) is 2.75. The highest BCUT2D eigenvalue weighted by Gasteiger charge is 2.42. The van der Waals surface area contributed by atoms with Crippen LogP contribution in [0, 0.1) is 11.8 Å². The Balaban J connectivity index is 2.16. The van der Waals surface area contributed by atoms with E-state index in [9.17, 15) is 9.90 Å². The van der Waals surface area contributed by atoms with E-state index in [1.165, 1.54) is 0 Å². The Labute approximate surface area is 112 Å². The maximum atomic E-state index is 11.9. The van der Waals surface area contributed by atoms with Crippen LogP contribution in [-0.2, 0) is 16.0 Å². The van der Waals surface area contributed by atoms with Gasteiger partial charge >= 0.3 is 5.97 Å². The fraction of sp³-hybridized carbons (Fsp3) is 0.400.